The minimum absolute atomic E-state index is 0.0687. The van der Waals surface area contributed by atoms with Gasteiger partial charge in [0.05, 0.1) is 19.9 Å². The summed E-state index contributed by atoms with van der Waals surface area (Å²) in [5, 5.41) is 9.35. The van der Waals surface area contributed by atoms with Gasteiger partial charge >= 0.3 is 5.69 Å². The largest absolute Gasteiger partial charge is 0.490 e. The number of methoxy groups -OCH3 is 3. The molecule has 4 atom stereocenters. The third-order valence-corrected chi connectivity index (χ3v) is 3.27. The molecule has 2 N–H and O–H groups in total. The van der Waals surface area contributed by atoms with Gasteiger partial charge in [-0.05, 0) is 0 Å². The Kier molecular flexibility index (Phi) is 5.32. The molecular weight excluding hydrogens is 300 g/mol. The van der Waals surface area contributed by atoms with Gasteiger partial charge in [0.25, 0.3) is 12.0 Å². The maximum absolute atomic E-state index is 12.0. The fourth-order valence-electron chi connectivity index (χ4n) is 2.14. The predicted octanol–water partition coefficient (Wildman–Crippen LogP) is -1.60. The molecule has 1 aromatic rings. The molecule has 10 heteroatoms. The fraction of sp³-hybridized carbons (Fsp3) is 0.667. The lowest BCUT2D eigenvalue weighted by Gasteiger charge is -2.24. The maximum atomic E-state index is 12.0. The second-order valence-corrected chi connectivity index (χ2v) is 4.47. The average Bonchev–Trinajstić information content (AvgIpc) is 2.93. The fourth-order valence-corrected chi connectivity index (χ4v) is 2.14. The van der Waals surface area contributed by atoms with E-state index in [4.69, 9.17) is 23.7 Å². The summed E-state index contributed by atoms with van der Waals surface area (Å²) in [5.41, 5.74) is -1.37. The number of aliphatic hydroxyl groups excluding tert-OH is 1. The number of hydrogen-bond donors (Lipinski definition) is 2. The average molecular weight is 318 g/mol. The van der Waals surface area contributed by atoms with Crippen molar-refractivity contribution in [3.05, 3.63) is 27.0 Å². The highest BCUT2D eigenvalue weighted by Gasteiger charge is 2.43. The number of H-pyrrole nitrogens is 1. The summed E-state index contributed by atoms with van der Waals surface area (Å²) in [6, 6.07) is 0. The molecule has 10 nitrogen and oxygen atoms in total. The van der Waals surface area contributed by atoms with E-state index in [0.29, 0.717) is 0 Å². The van der Waals surface area contributed by atoms with E-state index in [1.165, 1.54) is 27.5 Å². The number of aliphatic hydroxyl groups is 1. The van der Waals surface area contributed by atoms with E-state index in [0.717, 1.165) is 4.57 Å². The highest BCUT2D eigenvalue weighted by Crippen LogP contribution is 2.30. The van der Waals surface area contributed by atoms with E-state index in [1.807, 2.05) is 0 Å². The molecule has 1 saturated heterocycles. The lowest BCUT2D eigenvalue weighted by atomic mass is 10.2. The Morgan fingerprint density at radius 3 is 2.64 bits per heavy atom. The number of rotatable bonds is 6. The molecule has 2 rings (SSSR count). The summed E-state index contributed by atoms with van der Waals surface area (Å²) in [6.07, 6.45) is -1.35. The second-order valence-electron chi connectivity index (χ2n) is 4.47. The van der Waals surface area contributed by atoms with Gasteiger partial charge in [-0.15, -0.1) is 0 Å². The Morgan fingerprint density at radius 1 is 1.36 bits per heavy atom. The smallest absolute Gasteiger partial charge is 0.330 e. The molecular formula is C12H18N2O8. The molecule has 0 amide bonds. The van der Waals surface area contributed by atoms with Crippen LogP contribution in [0.25, 0.3) is 0 Å². The van der Waals surface area contributed by atoms with Crippen LogP contribution in [0.15, 0.2) is 15.8 Å². The van der Waals surface area contributed by atoms with Gasteiger partial charge in [0, 0.05) is 14.2 Å². The van der Waals surface area contributed by atoms with E-state index >= 15 is 0 Å². The van der Waals surface area contributed by atoms with Crippen molar-refractivity contribution in [3.8, 4) is 5.75 Å². The molecule has 0 spiro atoms. The van der Waals surface area contributed by atoms with E-state index in [1.54, 1.807) is 0 Å². The van der Waals surface area contributed by atoms with Crippen molar-refractivity contribution in [2.24, 2.45) is 0 Å². The Bertz CT molecular complexity index is 608. The summed E-state index contributed by atoms with van der Waals surface area (Å²) in [6.45, 7) is -1.39. The summed E-state index contributed by atoms with van der Waals surface area (Å²) in [7, 11) is 4.05. The van der Waals surface area contributed by atoms with Gasteiger partial charge in [-0.1, -0.05) is 0 Å². The first-order valence-corrected chi connectivity index (χ1v) is 6.42. The summed E-state index contributed by atoms with van der Waals surface area (Å²) in [5.74, 6) is -0.0687. The molecule has 1 aromatic heterocycles. The lowest BCUT2D eigenvalue weighted by Crippen LogP contribution is -2.42. The van der Waals surface area contributed by atoms with Gasteiger partial charge in [-0.2, -0.15) is 0 Å². The number of aromatic nitrogens is 2. The Balaban J connectivity index is 2.43. The van der Waals surface area contributed by atoms with Crippen LogP contribution in [0, 0.1) is 0 Å². The quantitative estimate of drug-likeness (QED) is 0.643. The number of ether oxygens (including phenoxy) is 5. The van der Waals surface area contributed by atoms with Gasteiger partial charge in [-0.25, -0.2) is 4.79 Å². The standard InChI is InChI=1S/C12H18N2O8/c1-18-6-4-14(11(17)13-9(6)16)10-8(7(5-15)19-2)21-12(20-3)22-10/h4,7-8,10,12,15H,5H2,1-3H3,(H,13,16,17). The zero-order valence-corrected chi connectivity index (χ0v) is 12.3. The molecule has 1 aliphatic heterocycles. The second kappa shape index (κ2) is 7.03. The zero-order valence-electron chi connectivity index (χ0n) is 12.3. The Labute approximate surface area is 125 Å². The number of nitrogens with one attached hydrogen (secondary N) is 1. The summed E-state index contributed by atoms with van der Waals surface area (Å²) < 4.78 is 27.0. The van der Waals surface area contributed by atoms with E-state index < -0.39 is 36.2 Å². The lowest BCUT2D eigenvalue weighted by molar-refractivity contribution is -0.237. The number of aromatic amines is 1. The molecule has 0 saturated carbocycles. The monoisotopic (exact) mass is 318 g/mol. The molecule has 0 bridgehead atoms. The van der Waals surface area contributed by atoms with Crippen molar-refractivity contribution in [1.29, 1.82) is 0 Å². The van der Waals surface area contributed by atoms with Crippen LogP contribution >= 0.6 is 0 Å². The predicted molar refractivity (Wildman–Crippen MR) is 71.5 cm³/mol. The summed E-state index contributed by atoms with van der Waals surface area (Å²) >= 11 is 0. The Hall–Kier alpha value is -1.72. The van der Waals surface area contributed by atoms with Gasteiger partial charge in [0.15, 0.2) is 6.23 Å². The minimum Gasteiger partial charge on any atom is -0.490 e. The Morgan fingerprint density at radius 2 is 2.09 bits per heavy atom. The van der Waals surface area contributed by atoms with Gasteiger partial charge in [-0.3, -0.25) is 14.3 Å². The van der Waals surface area contributed by atoms with Crippen LogP contribution in [-0.2, 0) is 18.9 Å². The molecule has 1 aliphatic rings. The first-order chi connectivity index (χ1) is 10.5. The maximum Gasteiger partial charge on any atom is 0.330 e. The third-order valence-electron chi connectivity index (χ3n) is 3.27. The van der Waals surface area contributed by atoms with Crippen LogP contribution in [0.1, 0.15) is 6.23 Å². The van der Waals surface area contributed by atoms with Crippen molar-refractivity contribution < 1.29 is 28.8 Å². The number of hydrogen-bond acceptors (Lipinski definition) is 8. The molecule has 0 radical (unpaired) electrons. The van der Waals surface area contributed by atoms with Gasteiger partial charge < -0.3 is 28.8 Å². The van der Waals surface area contributed by atoms with Gasteiger partial charge in [0.1, 0.15) is 12.2 Å². The first kappa shape index (κ1) is 16.6. The van der Waals surface area contributed by atoms with Crippen LogP contribution in [-0.4, -0.2) is 61.3 Å². The zero-order chi connectivity index (χ0) is 16.3. The third kappa shape index (κ3) is 3.05. The van der Waals surface area contributed by atoms with Crippen LogP contribution < -0.4 is 16.0 Å². The van der Waals surface area contributed by atoms with E-state index in [2.05, 4.69) is 4.98 Å². The molecule has 4 unspecified atom stereocenters. The van der Waals surface area contributed by atoms with Crippen LogP contribution in [0.3, 0.4) is 0 Å². The van der Waals surface area contributed by atoms with E-state index in [-0.39, 0.29) is 12.4 Å². The minimum atomic E-state index is -1.04. The first-order valence-electron chi connectivity index (χ1n) is 6.42. The van der Waals surface area contributed by atoms with Crippen molar-refractivity contribution in [2.45, 2.75) is 24.9 Å². The highest BCUT2D eigenvalue weighted by molar-refractivity contribution is 5.12. The van der Waals surface area contributed by atoms with Crippen LogP contribution in [0.2, 0.25) is 0 Å². The summed E-state index contributed by atoms with van der Waals surface area (Å²) in [4.78, 5) is 25.6. The number of nitrogens with zero attached hydrogens (tertiary/aromatic N) is 1. The van der Waals surface area contributed by atoms with Crippen LogP contribution in [0.4, 0.5) is 0 Å². The molecule has 0 aromatic carbocycles. The molecule has 2 heterocycles. The van der Waals surface area contributed by atoms with Crippen molar-refractivity contribution in [3.63, 3.8) is 0 Å². The van der Waals surface area contributed by atoms with Crippen LogP contribution in [0.5, 0.6) is 5.75 Å². The van der Waals surface area contributed by atoms with Crippen molar-refractivity contribution in [2.75, 3.05) is 27.9 Å². The van der Waals surface area contributed by atoms with Crippen molar-refractivity contribution in [1.82, 2.24) is 9.55 Å². The van der Waals surface area contributed by atoms with Crippen molar-refractivity contribution >= 4 is 0 Å². The normalized spacial score (nSPS) is 26.1. The SMILES string of the molecule is COc1cn(C2OC(OC)OC2C(CO)OC)c(=O)[nH]c1=O. The molecule has 0 aliphatic carbocycles. The molecule has 124 valence electrons. The molecule has 22 heavy (non-hydrogen) atoms. The van der Waals surface area contributed by atoms with Gasteiger partial charge in [0.2, 0.25) is 5.75 Å². The topological polar surface area (TPSA) is 121 Å². The van der Waals surface area contributed by atoms with E-state index in [9.17, 15) is 14.7 Å². The molecule has 1 fully saturated rings. The highest BCUT2D eigenvalue weighted by atomic mass is 16.9.